The molecule has 0 aliphatic carbocycles. The number of hydrogen-bond acceptors (Lipinski definition) is 2. The number of nitrogens with zero attached hydrogens (tertiary/aromatic N) is 1. The Morgan fingerprint density at radius 1 is 1.33 bits per heavy atom. The van der Waals surface area contributed by atoms with Crippen molar-refractivity contribution in [3.8, 4) is 0 Å². The predicted octanol–water partition coefficient (Wildman–Crippen LogP) is 1.92. The number of rotatable bonds is 3. The highest BCUT2D eigenvalue weighted by molar-refractivity contribution is 7.98. The van der Waals surface area contributed by atoms with Crippen LogP contribution in [0.3, 0.4) is 0 Å². The molecule has 116 valence electrons. The lowest BCUT2D eigenvalue weighted by Crippen LogP contribution is -2.43. The number of benzene rings is 1. The van der Waals surface area contributed by atoms with Crippen molar-refractivity contribution >= 4 is 21.5 Å². The van der Waals surface area contributed by atoms with E-state index in [0.717, 1.165) is 6.42 Å². The van der Waals surface area contributed by atoms with Crippen LogP contribution in [0.25, 0.3) is 0 Å². The number of amides is 1. The molecule has 1 aromatic carbocycles. The standard InChI is InChI=1S/C16H24N2O2S/c1-16(2,3)12-7-9-13(10-8-12)21(4,20)18-11-5-6-14(18)15(17)19/h7-10,14H,4-6,11H2,1-3H3,(H2,17,19)/t14-,21?/m0/s1. The fourth-order valence-electron chi connectivity index (χ4n) is 2.68. The highest BCUT2D eigenvalue weighted by atomic mass is 32.2. The molecule has 1 heterocycles. The largest absolute Gasteiger partial charge is 0.368 e. The first-order chi connectivity index (χ1) is 9.64. The van der Waals surface area contributed by atoms with Crippen LogP contribution in [0.4, 0.5) is 0 Å². The summed E-state index contributed by atoms with van der Waals surface area (Å²) in [6, 6.07) is 7.20. The minimum Gasteiger partial charge on any atom is -0.368 e. The van der Waals surface area contributed by atoms with Gasteiger partial charge >= 0.3 is 0 Å². The van der Waals surface area contributed by atoms with E-state index < -0.39 is 21.7 Å². The zero-order valence-corrected chi connectivity index (χ0v) is 13.8. The van der Waals surface area contributed by atoms with Crippen LogP contribution in [0.5, 0.6) is 0 Å². The molecule has 0 aromatic heterocycles. The summed E-state index contributed by atoms with van der Waals surface area (Å²) in [4.78, 5) is 12.2. The Morgan fingerprint density at radius 3 is 2.38 bits per heavy atom. The van der Waals surface area contributed by atoms with E-state index in [1.807, 2.05) is 24.3 Å². The molecule has 1 aliphatic heterocycles. The van der Waals surface area contributed by atoms with Crippen LogP contribution in [0.2, 0.25) is 0 Å². The summed E-state index contributed by atoms with van der Waals surface area (Å²) >= 11 is 0. The maximum atomic E-state index is 13.1. The molecule has 0 spiro atoms. The van der Waals surface area contributed by atoms with E-state index in [2.05, 4.69) is 26.6 Å². The molecule has 1 saturated heterocycles. The third kappa shape index (κ3) is 3.14. The Hall–Kier alpha value is -1.33. The first-order valence-electron chi connectivity index (χ1n) is 7.18. The van der Waals surface area contributed by atoms with Crippen molar-refractivity contribution in [3.63, 3.8) is 0 Å². The summed E-state index contributed by atoms with van der Waals surface area (Å²) in [6.07, 6.45) is 1.47. The maximum absolute atomic E-state index is 13.1. The van der Waals surface area contributed by atoms with Crippen molar-refractivity contribution in [1.29, 1.82) is 0 Å². The van der Waals surface area contributed by atoms with Crippen LogP contribution < -0.4 is 5.73 Å². The summed E-state index contributed by atoms with van der Waals surface area (Å²) in [5.74, 6) is 3.47. The van der Waals surface area contributed by atoms with E-state index in [1.165, 1.54) is 5.56 Å². The molecule has 0 saturated carbocycles. The van der Waals surface area contributed by atoms with Gasteiger partial charge in [-0.1, -0.05) is 32.9 Å². The number of primary amides is 1. The predicted molar refractivity (Wildman–Crippen MR) is 87.6 cm³/mol. The Kier molecular flexibility index (Phi) is 4.17. The molecule has 0 bridgehead atoms. The van der Waals surface area contributed by atoms with Crippen LogP contribution in [-0.2, 0) is 19.9 Å². The monoisotopic (exact) mass is 308 g/mol. The Bertz CT molecular complexity index is 627. The van der Waals surface area contributed by atoms with Crippen molar-refractivity contribution in [2.24, 2.45) is 5.73 Å². The number of carbonyl (C=O) groups excluding carboxylic acids is 1. The average Bonchev–Trinajstić information content (AvgIpc) is 2.88. The lowest BCUT2D eigenvalue weighted by molar-refractivity contribution is -0.120. The lowest BCUT2D eigenvalue weighted by atomic mass is 9.87. The Labute approximate surface area is 127 Å². The van der Waals surface area contributed by atoms with Crippen LogP contribution >= 0.6 is 0 Å². The van der Waals surface area contributed by atoms with Gasteiger partial charge in [0.25, 0.3) is 0 Å². The summed E-state index contributed by atoms with van der Waals surface area (Å²) in [7, 11) is -2.66. The Morgan fingerprint density at radius 2 is 1.90 bits per heavy atom. The van der Waals surface area contributed by atoms with Gasteiger partial charge in [-0.3, -0.25) is 4.79 Å². The molecule has 1 fully saturated rings. The Balaban J connectivity index is 2.34. The second-order valence-corrected chi connectivity index (χ2v) is 8.84. The smallest absolute Gasteiger partial charge is 0.235 e. The summed E-state index contributed by atoms with van der Waals surface area (Å²) in [6.45, 7) is 6.99. The molecule has 1 aromatic rings. The molecule has 1 unspecified atom stereocenters. The van der Waals surface area contributed by atoms with Gasteiger partial charge in [-0.25, -0.2) is 8.51 Å². The topological polar surface area (TPSA) is 63.4 Å². The van der Waals surface area contributed by atoms with Gasteiger partial charge in [-0.05, 0) is 41.8 Å². The SMILES string of the molecule is C=S(=O)(c1ccc(C(C)(C)C)cc1)N1CCC[C@H]1C(N)=O. The molecule has 1 amide bonds. The summed E-state index contributed by atoms with van der Waals surface area (Å²) in [5, 5.41) is 0. The van der Waals surface area contributed by atoms with E-state index in [9.17, 15) is 9.00 Å². The molecular formula is C16H24N2O2S. The second-order valence-electron chi connectivity index (χ2n) is 6.62. The zero-order chi connectivity index (χ0) is 15.8. The first-order valence-corrected chi connectivity index (χ1v) is 8.86. The molecule has 0 radical (unpaired) electrons. The normalized spacial score (nSPS) is 22.9. The number of nitrogens with two attached hydrogens (primary N) is 1. The van der Waals surface area contributed by atoms with Gasteiger partial charge < -0.3 is 5.73 Å². The minimum atomic E-state index is -2.66. The van der Waals surface area contributed by atoms with Crippen LogP contribution in [-0.4, -0.2) is 32.9 Å². The van der Waals surface area contributed by atoms with Gasteiger partial charge in [0, 0.05) is 11.4 Å². The van der Waals surface area contributed by atoms with E-state index in [1.54, 1.807) is 4.31 Å². The quantitative estimate of drug-likeness (QED) is 0.867. The third-order valence-corrected chi connectivity index (χ3v) is 6.20. The van der Waals surface area contributed by atoms with Crippen molar-refractivity contribution in [2.75, 3.05) is 6.54 Å². The van der Waals surface area contributed by atoms with Gasteiger partial charge in [-0.2, -0.15) is 0 Å². The summed E-state index contributed by atoms with van der Waals surface area (Å²) < 4.78 is 14.7. The molecule has 1 aliphatic rings. The molecule has 2 N–H and O–H groups in total. The zero-order valence-electron chi connectivity index (χ0n) is 13.0. The highest BCUT2D eigenvalue weighted by Gasteiger charge is 2.35. The maximum Gasteiger partial charge on any atom is 0.235 e. The molecule has 21 heavy (non-hydrogen) atoms. The van der Waals surface area contributed by atoms with Crippen molar-refractivity contribution < 1.29 is 9.00 Å². The molecular weight excluding hydrogens is 284 g/mol. The van der Waals surface area contributed by atoms with Gasteiger partial charge in [0.15, 0.2) is 0 Å². The van der Waals surface area contributed by atoms with Crippen LogP contribution in [0, 0.1) is 0 Å². The van der Waals surface area contributed by atoms with Crippen molar-refractivity contribution in [3.05, 3.63) is 29.8 Å². The van der Waals surface area contributed by atoms with Crippen LogP contribution in [0.1, 0.15) is 39.2 Å². The fraction of sp³-hybridized carbons (Fsp3) is 0.500. The van der Waals surface area contributed by atoms with Gasteiger partial charge in [-0.15, -0.1) is 0 Å². The second kappa shape index (κ2) is 5.46. The molecule has 2 atom stereocenters. The van der Waals surface area contributed by atoms with E-state index in [0.29, 0.717) is 17.9 Å². The number of hydrogen-bond donors (Lipinski definition) is 1. The van der Waals surface area contributed by atoms with Gasteiger partial charge in [0.05, 0.1) is 9.71 Å². The van der Waals surface area contributed by atoms with E-state index in [4.69, 9.17) is 5.73 Å². The average molecular weight is 308 g/mol. The van der Waals surface area contributed by atoms with Gasteiger partial charge in [0.2, 0.25) is 5.91 Å². The number of carbonyl (C=O) groups is 1. The van der Waals surface area contributed by atoms with Crippen LogP contribution in [0.15, 0.2) is 29.2 Å². The minimum absolute atomic E-state index is 0.0456. The van der Waals surface area contributed by atoms with Crippen molar-refractivity contribution in [1.82, 2.24) is 4.31 Å². The van der Waals surface area contributed by atoms with E-state index >= 15 is 0 Å². The van der Waals surface area contributed by atoms with E-state index in [-0.39, 0.29) is 5.41 Å². The lowest BCUT2D eigenvalue weighted by Gasteiger charge is -2.27. The first kappa shape index (κ1) is 16.0. The van der Waals surface area contributed by atoms with Gasteiger partial charge in [0.1, 0.15) is 6.04 Å². The van der Waals surface area contributed by atoms with Crippen molar-refractivity contribution in [2.45, 2.75) is 50.0 Å². The summed E-state index contributed by atoms with van der Waals surface area (Å²) in [5.41, 5.74) is 6.63. The molecule has 5 heteroatoms. The fourth-order valence-corrected chi connectivity index (χ4v) is 4.56. The third-order valence-electron chi connectivity index (χ3n) is 4.00. The molecule has 4 nitrogen and oxygen atoms in total. The highest BCUT2D eigenvalue weighted by Crippen LogP contribution is 2.28. The molecule has 2 rings (SSSR count).